The summed E-state index contributed by atoms with van der Waals surface area (Å²) in [5, 5.41) is 0.848. The first-order chi connectivity index (χ1) is 11.7. The Kier molecular flexibility index (Phi) is 4.24. The molecular formula is C12H14N4O8S. The van der Waals surface area contributed by atoms with Crippen LogP contribution >= 0.6 is 0 Å². The summed E-state index contributed by atoms with van der Waals surface area (Å²) in [5.41, 5.74) is 0. The molecule has 2 fully saturated rings. The lowest BCUT2D eigenvalue weighted by Gasteiger charge is -2.31. The lowest BCUT2D eigenvalue weighted by molar-refractivity contribution is -0.134. The van der Waals surface area contributed by atoms with Crippen LogP contribution in [0.1, 0.15) is 23.4 Å². The minimum Gasteiger partial charge on any atom is -0.459 e. The van der Waals surface area contributed by atoms with Crippen molar-refractivity contribution in [2.45, 2.75) is 24.9 Å². The predicted octanol–water partition coefficient (Wildman–Crippen LogP) is -0.875. The van der Waals surface area contributed by atoms with E-state index in [9.17, 15) is 22.8 Å². The van der Waals surface area contributed by atoms with Crippen molar-refractivity contribution in [2.24, 2.45) is 5.84 Å². The monoisotopic (exact) mass is 374 g/mol. The number of carbonyl (C=O) groups excluding carboxylic acids is 3. The number of hydrogen-bond donors (Lipinski definition) is 2. The second-order valence-electron chi connectivity index (χ2n) is 5.50. The molecule has 4 amide bonds. The quantitative estimate of drug-likeness (QED) is 0.224. The molecule has 3 N–H and O–H groups in total. The van der Waals surface area contributed by atoms with Crippen LogP contribution in [-0.2, 0) is 19.5 Å². The van der Waals surface area contributed by atoms with Crippen LogP contribution < -0.4 is 5.84 Å². The molecule has 2 atom stereocenters. The molecule has 2 saturated heterocycles. The highest BCUT2D eigenvalue weighted by Gasteiger charge is 2.50. The van der Waals surface area contributed by atoms with Crippen LogP contribution in [0.15, 0.2) is 22.8 Å². The van der Waals surface area contributed by atoms with E-state index in [4.69, 9.17) is 14.8 Å². The van der Waals surface area contributed by atoms with E-state index < -0.39 is 40.3 Å². The molecule has 2 bridgehead atoms. The lowest BCUT2D eigenvalue weighted by Crippen LogP contribution is -2.55. The highest BCUT2D eigenvalue weighted by Crippen LogP contribution is 2.31. The molecule has 0 aliphatic carbocycles. The number of hydrazine groups is 1. The number of furan rings is 1. The van der Waals surface area contributed by atoms with E-state index in [2.05, 4.69) is 4.28 Å². The fourth-order valence-electron chi connectivity index (χ4n) is 2.87. The first kappa shape index (κ1) is 17.3. The minimum atomic E-state index is -4.88. The Labute approximate surface area is 141 Å². The molecule has 0 aromatic carbocycles. The van der Waals surface area contributed by atoms with E-state index in [1.54, 1.807) is 0 Å². The Balaban J connectivity index is 1.75. The van der Waals surface area contributed by atoms with Crippen molar-refractivity contribution in [2.75, 3.05) is 6.54 Å². The molecular weight excluding hydrogens is 360 g/mol. The minimum absolute atomic E-state index is 0.00641. The summed E-state index contributed by atoms with van der Waals surface area (Å²) in [7, 11) is -4.88. The summed E-state index contributed by atoms with van der Waals surface area (Å²) < 4.78 is 39.6. The smallest absolute Gasteiger partial charge is 0.418 e. The zero-order valence-corrected chi connectivity index (χ0v) is 13.5. The number of fused-ring (bicyclic) bond motifs is 2. The van der Waals surface area contributed by atoms with E-state index in [1.807, 2.05) is 0 Å². The number of urea groups is 1. The zero-order chi connectivity index (χ0) is 18.4. The molecule has 2 aliphatic rings. The van der Waals surface area contributed by atoms with Gasteiger partial charge in [-0.15, -0.1) is 4.28 Å². The molecule has 0 saturated carbocycles. The Morgan fingerprint density at radius 2 is 2.12 bits per heavy atom. The van der Waals surface area contributed by atoms with Gasteiger partial charge in [-0.1, -0.05) is 0 Å². The van der Waals surface area contributed by atoms with E-state index in [0.717, 1.165) is 4.90 Å². The van der Waals surface area contributed by atoms with Gasteiger partial charge in [-0.05, 0) is 25.0 Å². The lowest BCUT2D eigenvalue weighted by atomic mass is 10.00. The van der Waals surface area contributed by atoms with Crippen LogP contribution in [0.3, 0.4) is 0 Å². The first-order valence-electron chi connectivity index (χ1n) is 7.12. The highest BCUT2D eigenvalue weighted by molar-refractivity contribution is 7.80. The molecule has 25 heavy (non-hydrogen) atoms. The highest BCUT2D eigenvalue weighted by atomic mass is 32.3. The van der Waals surface area contributed by atoms with Crippen LogP contribution in [-0.4, -0.2) is 64.4 Å². The predicted molar refractivity (Wildman–Crippen MR) is 77.5 cm³/mol. The van der Waals surface area contributed by atoms with Crippen molar-refractivity contribution in [3.8, 4) is 0 Å². The standard InChI is InChI=1S/C12H14N4O8S/c13-15(11(18)9-2-1-5-23-9)10(17)8-4-3-7-6-14(8)12(19)16(7)24-25(20,21)22/h1-2,5,7-8H,3-4,6,13H2,(H,20,21,22)/t7-,8+/m1/s1. The Hall–Kier alpha value is -2.48. The number of hydrogen-bond acceptors (Lipinski definition) is 8. The van der Waals surface area contributed by atoms with Gasteiger partial charge in [0.2, 0.25) is 0 Å². The normalized spacial score (nSPS) is 23.0. The number of hydroxylamine groups is 2. The maximum Gasteiger partial charge on any atom is 0.418 e. The van der Waals surface area contributed by atoms with Gasteiger partial charge in [0, 0.05) is 6.54 Å². The molecule has 13 heteroatoms. The van der Waals surface area contributed by atoms with Crippen LogP contribution in [0, 0.1) is 0 Å². The van der Waals surface area contributed by atoms with Gasteiger partial charge in [-0.25, -0.2) is 15.6 Å². The van der Waals surface area contributed by atoms with Gasteiger partial charge in [-0.2, -0.15) is 13.5 Å². The second kappa shape index (κ2) is 6.11. The number of imide groups is 1. The van der Waals surface area contributed by atoms with Crippen molar-refractivity contribution < 1.29 is 36.1 Å². The van der Waals surface area contributed by atoms with Gasteiger partial charge >= 0.3 is 22.3 Å². The van der Waals surface area contributed by atoms with E-state index in [1.165, 1.54) is 18.4 Å². The fraction of sp³-hybridized carbons (Fsp3) is 0.417. The number of amides is 4. The molecule has 0 spiro atoms. The summed E-state index contributed by atoms with van der Waals surface area (Å²) in [4.78, 5) is 37.8. The van der Waals surface area contributed by atoms with E-state index in [0.29, 0.717) is 10.1 Å². The largest absolute Gasteiger partial charge is 0.459 e. The summed E-state index contributed by atoms with van der Waals surface area (Å²) in [6.07, 6.45) is 1.60. The average molecular weight is 374 g/mol. The van der Waals surface area contributed by atoms with Crippen LogP contribution in [0.2, 0.25) is 0 Å². The molecule has 2 aliphatic heterocycles. The molecule has 3 heterocycles. The van der Waals surface area contributed by atoms with Crippen LogP contribution in [0.25, 0.3) is 0 Å². The summed E-state index contributed by atoms with van der Waals surface area (Å²) in [5.74, 6) is 3.68. The fourth-order valence-corrected chi connectivity index (χ4v) is 3.26. The third-order valence-corrected chi connectivity index (χ3v) is 4.32. The van der Waals surface area contributed by atoms with E-state index in [-0.39, 0.29) is 25.1 Å². The van der Waals surface area contributed by atoms with Gasteiger partial charge in [-0.3, -0.25) is 14.1 Å². The van der Waals surface area contributed by atoms with Crippen molar-refractivity contribution in [3.63, 3.8) is 0 Å². The SMILES string of the molecule is NN(C(=O)c1ccco1)C(=O)[C@@H]1CC[C@@H]2CN1C(=O)N2OS(=O)(=O)O. The molecule has 0 radical (unpaired) electrons. The average Bonchev–Trinajstić information content (AvgIpc) is 3.16. The maximum atomic E-state index is 12.5. The zero-order valence-electron chi connectivity index (χ0n) is 12.6. The summed E-state index contributed by atoms with van der Waals surface area (Å²) >= 11 is 0. The first-order valence-corrected chi connectivity index (χ1v) is 8.49. The summed E-state index contributed by atoms with van der Waals surface area (Å²) in [6.45, 7) is -0.00641. The Morgan fingerprint density at radius 3 is 2.72 bits per heavy atom. The molecule has 136 valence electrons. The number of nitrogens with zero attached hydrogens (tertiary/aromatic N) is 3. The van der Waals surface area contributed by atoms with Gasteiger partial charge < -0.3 is 9.32 Å². The van der Waals surface area contributed by atoms with Crippen LogP contribution in [0.4, 0.5) is 4.79 Å². The van der Waals surface area contributed by atoms with Crippen molar-refractivity contribution in [1.82, 2.24) is 15.0 Å². The number of carbonyl (C=O) groups is 3. The van der Waals surface area contributed by atoms with Crippen molar-refractivity contribution >= 4 is 28.2 Å². The van der Waals surface area contributed by atoms with E-state index >= 15 is 0 Å². The van der Waals surface area contributed by atoms with Gasteiger partial charge in [0.15, 0.2) is 5.76 Å². The third-order valence-electron chi connectivity index (χ3n) is 3.97. The topological polar surface area (TPSA) is 164 Å². The van der Waals surface area contributed by atoms with Crippen LogP contribution in [0.5, 0.6) is 0 Å². The summed E-state index contributed by atoms with van der Waals surface area (Å²) in [6, 6.07) is 0.144. The molecule has 3 rings (SSSR count). The second-order valence-corrected chi connectivity index (χ2v) is 6.51. The van der Waals surface area contributed by atoms with Gasteiger partial charge in [0.25, 0.3) is 5.91 Å². The Morgan fingerprint density at radius 1 is 1.40 bits per heavy atom. The molecule has 0 unspecified atom stereocenters. The molecule has 12 nitrogen and oxygen atoms in total. The van der Waals surface area contributed by atoms with Gasteiger partial charge in [0.05, 0.1) is 12.3 Å². The Bertz CT molecular complexity index is 807. The number of piperidine rings is 1. The molecule has 1 aromatic heterocycles. The third kappa shape index (κ3) is 3.21. The number of nitrogens with two attached hydrogens (primary N) is 1. The van der Waals surface area contributed by atoms with Gasteiger partial charge in [0.1, 0.15) is 6.04 Å². The number of rotatable bonds is 4. The molecule has 1 aromatic rings. The van der Waals surface area contributed by atoms with Crippen molar-refractivity contribution in [1.29, 1.82) is 0 Å². The van der Waals surface area contributed by atoms with Crippen molar-refractivity contribution in [3.05, 3.63) is 24.2 Å². The maximum absolute atomic E-state index is 12.5.